The molecule has 1 fully saturated rings. The van der Waals surface area contributed by atoms with Gasteiger partial charge in [0.2, 0.25) is 0 Å². The number of nitrogens with two attached hydrogens (primary N) is 1. The zero-order chi connectivity index (χ0) is 14.6. The van der Waals surface area contributed by atoms with E-state index >= 15 is 0 Å². The van der Waals surface area contributed by atoms with E-state index < -0.39 is 11.6 Å². The van der Waals surface area contributed by atoms with E-state index in [0.717, 1.165) is 30.2 Å². The van der Waals surface area contributed by atoms with Gasteiger partial charge in [0.1, 0.15) is 5.82 Å². The van der Waals surface area contributed by atoms with Crippen molar-refractivity contribution in [1.82, 2.24) is 0 Å². The van der Waals surface area contributed by atoms with Crippen molar-refractivity contribution < 1.29 is 9.13 Å². The van der Waals surface area contributed by atoms with Crippen LogP contribution >= 0.6 is 15.9 Å². The zero-order valence-electron chi connectivity index (χ0n) is 12.0. The molecule has 0 amide bonds. The van der Waals surface area contributed by atoms with Gasteiger partial charge in [0, 0.05) is 16.6 Å². The van der Waals surface area contributed by atoms with Crippen LogP contribution in [0.2, 0.25) is 0 Å². The standard InChI is InChI=1S/C16H23BrFNO/c1-2-20-16(9-5-3-4-6-10-16)15(19)13-11-12(17)7-8-14(13)18/h7-8,11,15H,2-6,9-10,19H2,1H3. The maximum absolute atomic E-state index is 14.1. The summed E-state index contributed by atoms with van der Waals surface area (Å²) in [4.78, 5) is 0. The van der Waals surface area contributed by atoms with Crippen LogP contribution in [-0.4, -0.2) is 12.2 Å². The summed E-state index contributed by atoms with van der Waals surface area (Å²) in [6.45, 7) is 2.60. The summed E-state index contributed by atoms with van der Waals surface area (Å²) >= 11 is 3.40. The fourth-order valence-corrected chi connectivity index (χ4v) is 3.57. The Bertz CT molecular complexity index is 444. The van der Waals surface area contributed by atoms with Crippen LogP contribution in [-0.2, 0) is 4.74 Å². The first-order chi connectivity index (χ1) is 9.59. The molecule has 0 heterocycles. The van der Waals surface area contributed by atoms with E-state index in [0.29, 0.717) is 12.2 Å². The Morgan fingerprint density at radius 3 is 2.55 bits per heavy atom. The third-order valence-electron chi connectivity index (χ3n) is 4.24. The SMILES string of the molecule is CCOC1(C(N)c2cc(Br)ccc2F)CCCCCC1. The van der Waals surface area contributed by atoms with E-state index in [9.17, 15) is 4.39 Å². The van der Waals surface area contributed by atoms with Gasteiger partial charge < -0.3 is 10.5 Å². The average molecular weight is 344 g/mol. The summed E-state index contributed by atoms with van der Waals surface area (Å²) in [7, 11) is 0. The monoisotopic (exact) mass is 343 g/mol. The van der Waals surface area contributed by atoms with Crippen LogP contribution in [0.5, 0.6) is 0 Å². The van der Waals surface area contributed by atoms with Crippen LogP contribution < -0.4 is 5.73 Å². The number of hydrogen-bond acceptors (Lipinski definition) is 2. The second-order valence-corrected chi connectivity index (χ2v) is 6.47. The van der Waals surface area contributed by atoms with E-state index in [1.165, 1.54) is 18.9 Å². The molecule has 2 rings (SSSR count). The second-order valence-electron chi connectivity index (χ2n) is 5.56. The molecule has 112 valence electrons. The Labute approximate surface area is 129 Å². The van der Waals surface area contributed by atoms with Crippen LogP contribution in [0.15, 0.2) is 22.7 Å². The first-order valence-corrected chi connectivity index (χ1v) is 8.23. The van der Waals surface area contributed by atoms with Crippen molar-refractivity contribution in [2.75, 3.05) is 6.61 Å². The fraction of sp³-hybridized carbons (Fsp3) is 0.625. The predicted molar refractivity (Wildman–Crippen MR) is 83.1 cm³/mol. The van der Waals surface area contributed by atoms with Crippen molar-refractivity contribution in [3.05, 3.63) is 34.1 Å². The zero-order valence-corrected chi connectivity index (χ0v) is 13.6. The minimum atomic E-state index is -0.424. The summed E-state index contributed by atoms with van der Waals surface area (Å²) < 4.78 is 21.0. The molecule has 0 aromatic heterocycles. The highest BCUT2D eigenvalue weighted by atomic mass is 79.9. The lowest BCUT2D eigenvalue weighted by Crippen LogP contribution is -2.44. The van der Waals surface area contributed by atoms with Crippen molar-refractivity contribution in [1.29, 1.82) is 0 Å². The Morgan fingerprint density at radius 2 is 1.95 bits per heavy atom. The molecule has 20 heavy (non-hydrogen) atoms. The smallest absolute Gasteiger partial charge is 0.128 e. The molecule has 1 atom stereocenters. The van der Waals surface area contributed by atoms with Gasteiger partial charge in [0.25, 0.3) is 0 Å². The van der Waals surface area contributed by atoms with Gasteiger partial charge in [-0.2, -0.15) is 0 Å². The molecule has 1 aromatic carbocycles. The lowest BCUT2D eigenvalue weighted by atomic mass is 9.82. The van der Waals surface area contributed by atoms with Crippen molar-refractivity contribution in [3.8, 4) is 0 Å². The molecule has 0 spiro atoms. The minimum Gasteiger partial charge on any atom is -0.373 e. The third-order valence-corrected chi connectivity index (χ3v) is 4.73. The topological polar surface area (TPSA) is 35.2 Å². The van der Waals surface area contributed by atoms with Gasteiger partial charge in [-0.3, -0.25) is 0 Å². The first kappa shape index (κ1) is 15.9. The van der Waals surface area contributed by atoms with Gasteiger partial charge >= 0.3 is 0 Å². The number of benzene rings is 1. The summed E-state index contributed by atoms with van der Waals surface area (Å²) in [5.74, 6) is -0.246. The van der Waals surface area contributed by atoms with Crippen LogP contribution in [0.4, 0.5) is 4.39 Å². The molecule has 1 aromatic rings. The van der Waals surface area contributed by atoms with Crippen molar-refractivity contribution in [2.24, 2.45) is 5.73 Å². The molecular weight excluding hydrogens is 321 g/mol. The van der Waals surface area contributed by atoms with Crippen LogP contribution in [0.1, 0.15) is 57.1 Å². The summed E-state index contributed by atoms with van der Waals surface area (Å²) in [6.07, 6.45) is 6.44. The number of rotatable bonds is 4. The third kappa shape index (κ3) is 3.41. The van der Waals surface area contributed by atoms with E-state index in [1.54, 1.807) is 12.1 Å². The molecular formula is C16H23BrFNO. The molecule has 1 unspecified atom stereocenters. The van der Waals surface area contributed by atoms with Crippen molar-refractivity contribution in [3.63, 3.8) is 0 Å². The summed E-state index contributed by atoms with van der Waals surface area (Å²) in [6, 6.07) is 4.53. The maximum atomic E-state index is 14.1. The predicted octanol–water partition coefficient (Wildman–Crippen LogP) is 4.72. The molecule has 2 nitrogen and oxygen atoms in total. The van der Waals surface area contributed by atoms with E-state index in [-0.39, 0.29) is 5.82 Å². The quantitative estimate of drug-likeness (QED) is 0.803. The Balaban J connectivity index is 2.34. The minimum absolute atomic E-state index is 0.246. The number of ether oxygens (including phenoxy) is 1. The van der Waals surface area contributed by atoms with Gasteiger partial charge in [-0.15, -0.1) is 0 Å². The molecule has 1 saturated carbocycles. The molecule has 0 saturated heterocycles. The molecule has 2 N–H and O–H groups in total. The average Bonchev–Trinajstić information content (AvgIpc) is 2.68. The molecule has 4 heteroatoms. The highest BCUT2D eigenvalue weighted by molar-refractivity contribution is 9.10. The van der Waals surface area contributed by atoms with Crippen LogP contribution in [0, 0.1) is 5.82 Å². The fourth-order valence-electron chi connectivity index (χ4n) is 3.20. The normalized spacial score (nSPS) is 20.4. The Kier molecular flexibility index (Phi) is 5.58. The highest BCUT2D eigenvalue weighted by Crippen LogP contribution is 2.40. The van der Waals surface area contributed by atoms with E-state index in [1.807, 2.05) is 6.92 Å². The van der Waals surface area contributed by atoms with Crippen LogP contribution in [0.3, 0.4) is 0 Å². The summed E-state index contributed by atoms with van der Waals surface area (Å²) in [5, 5.41) is 0. The van der Waals surface area contributed by atoms with Gasteiger partial charge in [0.05, 0.1) is 11.6 Å². The van der Waals surface area contributed by atoms with Gasteiger partial charge in [0.15, 0.2) is 0 Å². The van der Waals surface area contributed by atoms with E-state index in [4.69, 9.17) is 10.5 Å². The molecule has 0 bridgehead atoms. The van der Waals surface area contributed by atoms with Crippen molar-refractivity contribution >= 4 is 15.9 Å². The van der Waals surface area contributed by atoms with Crippen molar-refractivity contribution in [2.45, 2.75) is 57.1 Å². The summed E-state index contributed by atoms with van der Waals surface area (Å²) in [5.41, 5.74) is 6.57. The second kappa shape index (κ2) is 7.01. The number of halogens is 2. The molecule has 1 aliphatic carbocycles. The van der Waals surface area contributed by atoms with Crippen LogP contribution in [0.25, 0.3) is 0 Å². The molecule has 1 aliphatic rings. The largest absolute Gasteiger partial charge is 0.373 e. The van der Waals surface area contributed by atoms with E-state index in [2.05, 4.69) is 15.9 Å². The Hall–Kier alpha value is -0.450. The Morgan fingerprint density at radius 1 is 1.30 bits per heavy atom. The highest BCUT2D eigenvalue weighted by Gasteiger charge is 2.39. The molecule has 0 aliphatic heterocycles. The number of hydrogen-bond donors (Lipinski definition) is 1. The van der Waals surface area contributed by atoms with Gasteiger partial charge in [-0.1, -0.05) is 41.6 Å². The molecule has 0 radical (unpaired) electrons. The first-order valence-electron chi connectivity index (χ1n) is 7.43. The van der Waals surface area contributed by atoms with Gasteiger partial charge in [-0.05, 0) is 38.0 Å². The van der Waals surface area contributed by atoms with Gasteiger partial charge in [-0.25, -0.2) is 4.39 Å². The maximum Gasteiger partial charge on any atom is 0.128 e. The lowest BCUT2D eigenvalue weighted by Gasteiger charge is -2.38. The lowest BCUT2D eigenvalue weighted by molar-refractivity contribution is -0.0702.